The van der Waals surface area contributed by atoms with Crippen LogP contribution in [0.2, 0.25) is 0 Å². The second-order valence-electron chi connectivity index (χ2n) is 5.17. The summed E-state index contributed by atoms with van der Waals surface area (Å²) in [6.45, 7) is 5.04. The van der Waals surface area contributed by atoms with Gasteiger partial charge in [-0.25, -0.2) is 0 Å². The lowest BCUT2D eigenvalue weighted by Crippen LogP contribution is -2.38. The minimum Gasteiger partial charge on any atom is -0.497 e. The van der Waals surface area contributed by atoms with Crippen molar-refractivity contribution in [2.45, 2.75) is 26.3 Å². The topological polar surface area (TPSA) is 38.8 Å². The first kappa shape index (κ1) is 14.9. The second-order valence-corrected chi connectivity index (χ2v) is 5.17. The predicted octanol–water partition coefficient (Wildman–Crippen LogP) is 2.47. The van der Waals surface area contributed by atoms with Crippen molar-refractivity contribution in [3.8, 4) is 5.75 Å². The van der Waals surface area contributed by atoms with Crippen molar-refractivity contribution in [1.82, 2.24) is 4.90 Å². The summed E-state index contributed by atoms with van der Waals surface area (Å²) in [5.74, 6) is 0.852. The van der Waals surface area contributed by atoms with Gasteiger partial charge in [0.15, 0.2) is 0 Å². The Hall–Kier alpha value is -1.55. The summed E-state index contributed by atoms with van der Waals surface area (Å²) in [6.07, 6.45) is 2.00. The molecule has 1 aromatic rings. The van der Waals surface area contributed by atoms with Crippen molar-refractivity contribution < 1.29 is 14.3 Å². The maximum atomic E-state index is 11.8. The fourth-order valence-corrected chi connectivity index (χ4v) is 2.64. The fourth-order valence-electron chi connectivity index (χ4n) is 2.64. The minimum absolute atomic E-state index is 0.0296. The van der Waals surface area contributed by atoms with Crippen molar-refractivity contribution in [3.05, 3.63) is 29.8 Å². The van der Waals surface area contributed by atoms with Gasteiger partial charge in [0.2, 0.25) is 0 Å². The largest absolute Gasteiger partial charge is 0.497 e. The van der Waals surface area contributed by atoms with Gasteiger partial charge in [-0.3, -0.25) is 9.69 Å². The molecule has 0 saturated carbocycles. The summed E-state index contributed by atoms with van der Waals surface area (Å²) in [7, 11) is 1.67. The van der Waals surface area contributed by atoms with Crippen LogP contribution in [0.1, 0.15) is 25.3 Å². The molecule has 110 valence electrons. The van der Waals surface area contributed by atoms with Gasteiger partial charge in [-0.2, -0.15) is 0 Å². The number of carbonyl (C=O) groups excluding carboxylic acids is 1. The Morgan fingerprint density at radius 2 is 2.10 bits per heavy atom. The Balaban J connectivity index is 1.90. The van der Waals surface area contributed by atoms with Crippen LogP contribution in [0.4, 0.5) is 0 Å². The molecular formula is C16H23NO3. The van der Waals surface area contributed by atoms with Gasteiger partial charge in [-0.05, 0) is 44.0 Å². The quantitative estimate of drug-likeness (QED) is 0.775. The van der Waals surface area contributed by atoms with Crippen molar-refractivity contribution in [2.24, 2.45) is 5.92 Å². The standard InChI is InChI=1S/C16H23NO3/c1-3-20-16(18)14-5-4-10-17(12-14)11-13-6-8-15(19-2)9-7-13/h6-9,14H,3-5,10-12H2,1-2H3/t14-/m0/s1. The fraction of sp³-hybridized carbons (Fsp3) is 0.562. The third kappa shape index (κ3) is 3.97. The smallest absolute Gasteiger partial charge is 0.310 e. The summed E-state index contributed by atoms with van der Waals surface area (Å²) in [5.41, 5.74) is 1.25. The van der Waals surface area contributed by atoms with Crippen LogP contribution in [0.5, 0.6) is 5.75 Å². The molecule has 1 aromatic carbocycles. The number of likely N-dealkylation sites (tertiary alicyclic amines) is 1. The number of hydrogen-bond acceptors (Lipinski definition) is 4. The van der Waals surface area contributed by atoms with E-state index < -0.39 is 0 Å². The van der Waals surface area contributed by atoms with E-state index >= 15 is 0 Å². The van der Waals surface area contributed by atoms with E-state index in [9.17, 15) is 4.79 Å². The predicted molar refractivity (Wildman–Crippen MR) is 77.6 cm³/mol. The Morgan fingerprint density at radius 3 is 2.75 bits per heavy atom. The monoisotopic (exact) mass is 277 g/mol. The molecule has 0 aromatic heterocycles. The highest BCUT2D eigenvalue weighted by molar-refractivity contribution is 5.72. The molecular weight excluding hydrogens is 254 g/mol. The summed E-state index contributed by atoms with van der Waals surface area (Å²) in [5, 5.41) is 0. The van der Waals surface area contributed by atoms with E-state index in [4.69, 9.17) is 9.47 Å². The molecule has 0 bridgehead atoms. The number of ether oxygens (including phenoxy) is 2. The molecule has 0 N–H and O–H groups in total. The molecule has 1 atom stereocenters. The Morgan fingerprint density at radius 1 is 1.35 bits per heavy atom. The molecule has 0 radical (unpaired) electrons. The van der Waals surface area contributed by atoms with E-state index in [1.165, 1.54) is 5.56 Å². The number of hydrogen-bond donors (Lipinski definition) is 0. The van der Waals surface area contributed by atoms with Crippen LogP contribution in [0.3, 0.4) is 0 Å². The maximum Gasteiger partial charge on any atom is 0.310 e. The number of methoxy groups -OCH3 is 1. The highest BCUT2D eigenvalue weighted by Crippen LogP contribution is 2.20. The number of carbonyl (C=O) groups is 1. The summed E-state index contributed by atoms with van der Waals surface area (Å²) >= 11 is 0. The highest BCUT2D eigenvalue weighted by atomic mass is 16.5. The van der Waals surface area contributed by atoms with Gasteiger partial charge < -0.3 is 9.47 Å². The van der Waals surface area contributed by atoms with Crippen LogP contribution in [0.25, 0.3) is 0 Å². The Bertz CT molecular complexity index is 430. The Labute approximate surface area is 120 Å². The molecule has 0 spiro atoms. The van der Waals surface area contributed by atoms with Gasteiger partial charge in [0.25, 0.3) is 0 Å². The molecule has 0 unspecified atom stereocenters. The van der Waals surface area contributed by atoms with Crippen LogP contribution in [-0.4, -0.2) is 37.7 Å². The van der Waals surface area contributed by atoms with Gasteiger partial charge in [0.05, 0.1) is 19.6 Å². The van der Waals surface area contributed by atoms with Crippen LogP contribution < -0.4 is 4.74 Å². The van der Waals surface area contributed by atoms with E-state index in [2.05, 4.69) is 17.0 Å². The van der Waals surface area contributed by atoms with Crippen LogP contribution >= 0.6 is 0 Å². The normalized spacial score (nSPS) is 19.6. The maximum absolute atomic E-state index is 11.8. The molecule has 4 heteroatoms. The zero-order valence-electron chi connectivity index (χ0n) is 12.3. The molecule has 0 amide bonds. The zero-order chi connectivity index (χ0) is 14.4. The Kier molecular flexibility index (Phi) is 5.41. The lowest BCUT2D eigenvalue weighted by molar-refractivity contribution is -0.150. The average Bonchev–Trinajstić information content (AvgIpc) is 2.48. The number of rotatable bonds is 5. The first-order valence-electron chi connectivity index (χ1n) is 7.25. The number of piperidine rings is 1. The van der Waals surface area contributed by atoms with Crippen LogP contribution in [-0.2, 0) is 16.1 Å². The highest BCUT2D eigenvalue weighted by Gasteiger charge is 2.26. The third-order valence-electron chi connectivity index (χ3n) is 3.69. The van der Waals surface area contributed by atoms with Gasteiger partial charge in [0, 0.05) is 13.1 Å². The van der Waals surface area contributed by atoms with Crippen molar-refractivity contribution in [2.75, 3.05) is 26.8 Å². The van der Waals surface area contributed by atoms with Gasteiger partial charge >= 0.3 is 5.97 Å². The number of nitrogens with zero attached hydrogens (tertiary/aromatic N) is 1. The van der Waals surface area contributed by atoms with Crippen molar-refractivity contribution >= 4 is 5.97 Å². The minimum atomic E-state index is -0.0491. The van der Waals surface area contributed by atoms with Crippen molar-refractivity contribution in [3.63, 3.8) is 0 Å². The second kappa shape index (κ2) is 7.29. The van der Waals surface area contributed by atoms with E-state index in [1.54, 1.807) is 7.11 Å². The van der Waals surface area contributed by atoms with Gasteiger partial charge in [0.1, 0.15) is 5.75 Å². The molecule has 1 aliphatic heterocycles. The summed E-state index contributed by atoms with van der Waals surface area (Å²) < 4.78 is 10.3. The summed E-state index contributed by atoms with van der Waals surface area (Å²) in [4.78, 5) is 14.1. The third-order valence-corrected chi connectivity index (χ3v) is 3.69. The number of esters is 1. The van der Waals surface area contributed by atoms with Crippen molar-refractivity contribution in [1.29, 1.82) is 0 Å². The average molecular weight is 277 g/mol. The molecule has 0 aliphatic carbocycles. The molecule has 1 fully saturated rings. The molecule has 2 rings (SSSR count). The lowest BCUT2D eigenvalue weighted by atomic mass is 9.98. The van der Waals surface area contributed by atoms with Gasteiger partial charge in [-0.15, -0.1) is 0 Å². The zero-order valence-corrected chi connectivity index (χ0v) is 12.3. The number of benzene rings is 1. The SMILES string of the molecule is CCOC(=O)[C@H]1CCCN(Cc2ccc(OC)cc2)C1. The van der Waals surface area contributed by atoms with E-state index in [0.29, 0.717) is 6.61 Å². The first-order valence-corrected chi connectivity index (χ1v) is 7.25. The molecule has 20 heavy (non-hydrogen) atoms. The van der Waals surface area contributed by atoms with E-state index in [0.717, 1.165) is 38.2 Å². The van der Waals surface area contributed by atoms with E-state index in [1.807, 2.05) is 19.1 Å². The van der Waals surface area contributed by atoms with Crippen LogP contribution in [0.15, 0.2) is 24.3 Å². The molecule has 1 saturated heterocycles. The summed E-state index contributed by atoms with van der Waals surface area (Å²) in [6, 6.07) is 8.10. The molecule has 4 nitrogen and oxygen atoms in total. The molecule has 1 aliphatic rings. The lowest BCUT2D eigenvalue weighted by Gasteiger charge is -2.31. The van der Waals surface area contributed by atoms with Gasteiger partial charge in [-0.1, -0.05) is 12.1 Å². The van der Waals surface area contributed by atoms with Crippen LogP contribution in [0, 0.1) is 5.92 Å². The first-order chi connectivity index (χ1) is 9.72. The molecule has 1 heterocycles. The van der Waals surface area contributed by atoms with E-state index in [-0.39, 0.29) is 11.9 Å².